The molecule has 1 aliphatic rings. The molecule has 0 atom stereocenters. The van der Waals surface area contributed by atoms with Crippen LogP contribution >= 0.6 is 21.7 Å². The van der Waals surface area contributed by atoms with E-state index in [1.807, 2.05) is 0 Å². The van der Waals surface area contributed by atoms with E-state index in [1.54, 1.807) is 0 Å². The number of hydrogen-bond acceptors (Lipinski definition) is 2. The van der Waals surface area contributed by atoms with Crippen LogP contribution in [-0.4, -0.2) is 12.3 Å². The minimum absolute atomic E-state index is 0.968. The zero-order valence-electron chi connectivity index (χ0n) is 11.1. The summed E-state index contributed by atoms with van der Waals surface area (Å²) in [5, 5.41) is 0. The second-order valence-corrected chi connectivity index (χ2v) is 6.05. The molecule has 0 amide bonds. The van der Waals surface area contributed by atoms with Crippen LogP contribution in [0.3, 0.4) is 0 Å². The molecule has 1 aliphatic heterocycles. The lowest BCUT2D eigenvalue weighted by Crippen LogP contribution is -2.20. The molecule has 2 aromatic rings. The molecule has 0 spiro atoms. The Bertz CT molecular complexity index is 574. The van der Waals surface area contributed by atoms with Gasteiger partial charge >= 0.3 is 0 Å². The van der Waals surface area contributed by atoms with Gasteiger partial charge in [-0.1, -0.05) is 59.5 Å². The Morgan fingerprint density at radius 1 is 0.850 bits per heavy atom. The lowest BCUT2D eigenvalue weighted by molar-refractivity contribution is 0.895. The highest BCUT2D eigenvalue weighted by Gasteiger charge is 2.16. The SMILES string of the molecule is ClSCCCN1c2ccccc2C=Cc2ccccc21. The molecule has 1 nitrogen and oxygen atoms in total. The zero-order chi connectivity index (χ0) is 13.8. The fraction of sp³-hybridized carbons (Fsp3) is 0.176. The first-order valence-corrected chi connectivity index (χ1v) is 8.58. The highest BCUT2D eigenvalue weighted by molar-refractivity contribution is 8.21. The first-order valence-electron chi connectivity index (χ1n) is 6.77. The van der Waals surface area contributed by atoms with Crippen molar-refractivity contribution in [2.75, 3.05) is 17.2 Å². The van der Waals surface area contributed by atoms with Gasteiger partial charge in [0.05, 0.1) is 0 Å². The van der Waals surface area contributed by atoms with Crippen molar-refractivity contribution in [2.45, 2.75) is 6.42 Å². The topological polar surface area (TPSA) is 3.24 Å². The third-order valence-electron chi connectivity index (χ3n) is 3.50. The number of para-hydroxylation sites is 2. The molecule has 102 valence electrons. The van der Waals surface area contributed by atoms with Crippen molar-refractivity contribution in [1.82, 2.24) is 0 Å². The molecule has 0 aromatic heterocycles. The fourth-order valence-electron chi connectivity index (χ4n) is 2.58. The Balaban J connectivity index is 2.03. The summed E-state index contributed by atoms with van der Waals surface area (Å²) in [6.45, 7) is 0.982. The standard InChI is InChI=1S/C17H16ClNS/c18-20-13-5-12-19-16-8-3-1-6-14(16)10-11-15-7-2-4-9-17(15)19/h1-4,6-11H,5,12-13H2. The van der Waals surface area contributed by atoms with Gasteiger partial charge in [-0.2, -0.15) is 0 Å². The van der Waals surface area contributed by atoms with Gasteiger partial charge in [-0.3, -0.25) is 0 Å². The van der Waals surface area contributed by atoms with Crippen molar-refractivity contribution in [3.63, 3.8) is 0 Å². The van der Waals surface area contributed by atoms with E-state index in [0.29, 0.717) is 0 Å². The number of benzene rings is 2. The predicted octanol–water partition coefficient (Wildman–Crippen LogP) is 5.59. The fourth-order valence-corrected chi connectivity index (χ4v) is 3.14. The van der Waals surface area contributed by atoms with E-state index >= 15 is 0 Å². The maximum atomic E-state index is 5.74. The Labute approximate surface area is 128 Å². The molecule has 0 aliphatic carbocycles. The Kier molecular flexibility index (Phi) is 4.34. The Morgan fingerprint density at radius 2 is 1.40 bits per heavy atom. The summed E-state index contributed by atoms with van der Waals surface area (Å²) < 4.78 is 0. The number of rotatable bonds is 4. The first kappa shape index (κ1) is 13.6. The zero-order valence-corrected chi connectivity index (χ0v) is 12.7. The van der Waals surface area contributed by atoms with Crippen LogP contribution < -0.4 is 4.90 Å². The van der Waals surface area contributed by atoms with Crippen LogP contribution in [0.25, 0.3) is 12.2 Å². The van der Waals surface area contributed by atoms with Crippen molar-refractivity contribution in [3.05, 3.63) is 59.7 Å². The third-order valence-corrected chi connectivity index (χ3v) is 4.41. The van der Waals surface area contributed by atoms with E-state index in [9.17, 15) is 0 Å². The lowest BCUT2D eigenvalue weighted by atomic mass is 10.1. The average Bonchev–Trinajstić information content (AvgIpc) is 2.66. The highest BCUT2D eigenvalue weighted by atomic mass is 35.7. The number of halogens is 1. The second kappa shape index (κ2) is 6.38. The lowest BCUT2D eigenvalue weighted by Gasteiger charge is -2.26. The van der Waals surface area contributed by atoms with E-state index < -0.39 is 0 Å². The second-order valence-electron chi connectivity index (χ2n) is 4.77. The maximum Gasteiger partial charge on any atom is 0.0484 e. The quantitative estimate of drug-likeness (QED) is 0.678. The van der Waals surface area contributed by atoms with Crippen LogP contribution in [0.15, 0.2) is 48.5 Å². The summed E-state index contributed by atoms with van der Waals surface area (Å²) in [4.78, 5) is 2.40. The normalized spacial score (nSPS) is 12.8. The van der Waals surface area contributed by atoms with Crippen molar-refractivity contribution >= 4 is 45.2 Å². The van der Waals surface area contributed by atoms with Gasteiger partial charge in [-0.05, 0) is 40.4 Å². The minimum atomic E-state index is 0.968. The van der Waals surface area contributed by atoms with Crippen LogP contribution in [0, 0.1) is 0 Å². The van der Waals surface area contributed by atoms with Crippen LogP contribution in [0.2, 0.25) is 0 Å². The smallest absolute Gasteiger partial charge is 0.0484 e. The van der Waals surface area contributed by atoms with E-state index in [2.05, 4.69) is 65.6 Å². The molecule has 3 rings (SSSR count). The van der Waals surface area contributed by atoms with Crippen molar-refractivity contribution < 1.29 is 0 Å². The van der Waals surface area contributed by atoms with Gasteiger partial charge < -0.3 is 4.90 Å². The monoisotopic (exact) mass is 301 g/mol. The van der Waals surface area contributed by atoms with E-state index in [4.69, 9.17) is 10.7 Å². The molecule has 0 radical (unpaired) electrons. The van der Waals surface area contributed by atoms with Crippen molar-refractivity contribution in [2.24, 2.45) is 0 Å². The summed E-state index contributed by atoms with van der Waals surface area (Å²) in [6.07, 6.45) is 5.46. The first-order chi connectivity index (χ1) is 9.90. The highest BCUT2D eigenvalue weighted by Crippen LogP contribution is 2.36. The van der Waals surface area contributed by atoms with Gasteiger partial charge in [0.25, 0.3) is 0 Å². The number of hydrogen-bond donors (Lipinski definition) is 0. The molecule has 20 heavy (non-hydrogen) atoms. The largest absolute Gasteiger partial charge is 0.340 e. The van der Waals surface area contributed by atoms with Gasteiger partial charge in [0.2, 0.25) is 0 Å². The molecule has 0 saturated carbocycles. The summed E-state index contributed by atoms with van der Waals surface area (Å²) in [7, 11) is 7.13. The van der Waals surface area contributed by atoms with Gasteiger partial charge in [0.15, 0.2) is 0 Å². The molecule has 0 unspecified atom stereocenters. The summed E-state index contributed by atoms with van der Waals surface area (Å²) >= 11 is 0. The average molecular weight is 302 g/mol. The summed E-state index contributed by atoms with van der Waals surface area (Å²) in [5.74, 6) is 0.968. The van der Waals surface area contributed by atoms with E-state index in [-0.39, 0.29) is 0 Å². The Morgan fingerprint density at radius 3 is 1.95 bits per heavy atom. The van der Waals surface area contributed by atoms with Crippen LogP contribution in [0.4, 0.5) is 11.4 Å². The van der Waals surface area contributed by atoms with Gasteiger partial charge in [0.1, 0.15) is 0 Å². The van der Waals surface area contributed by atoms with E-state index in [1.165, 1.54) is 33.5 Å². The number of nitrogens with zero attached hydrogens (tertiary/aromatic N) is 1. The molecule has 0 fully saturated rings. The maximum absolute atomic E-state index is 5.74. The van der Waals surface area contributed by atoms with Crippen molar-refractivity contribution in [1.29, 1.82) is 0 Å². The van der Waals surface area contributed by atoms with Gasteiger partial charge in [-0.25, -0.2) is 0 Å². The molecule has 0 N–H and O–H groups in total. The van der Waals surface area contributed by atoms with E-state index in [0.717, 1.165) is 18.7 Å². The van der Waals surface area contributed by atoms with Crippen LogP contribution in [0.1, 0.15) is 17.5 Å². The molecule has 2 aromatic carbocycles. The van der Waals surface area contributed by atoms with Crippen LogP contribution in [0.5, 0.6) is 0 Å². The molecular formula is C17H16ClNS. The van der Waals surface area contributed by atoms with Crippen LogP contribution in [-0.2, 0) is 0 Å². The Hall–Kier alpha value is -1.38. The third kappa shape index (κ3) is 2.72. The van der Waals surface area contributed by atoms with Crippen molar-refractivity contribution in [3.8, 4) is 0 Å². The van der Waals surface area contributed by atoms with Gasteiger partial charge in [0, 0.05) is 23.7 Å². The minimum Gasteiger partial charge on any atom is -0.340 e. The number of fused-ring (bicyclic) bond motifs is 2. The summed E-state index contributed by atoms with van der Waals surface area (Å²) in [6, 6.07) is 17.1. The molecular weight excluding hydrogens is 286 g/mol. The summed E-state index contributed by atoms with van der Waals surface area (Å²) in [5.41, 5.74) is 5.07. The molecule has 1 heterocycles. The molecule has 3 heteroatoms. The molecule has 0 saturated heterocycles. The van der Waals surface area contributed by atoms with Gasteiger partial charge in [-0.15, -0.1) is 0 Å². The predicted molar refractivity (Wildman–Crippen MR) is 91.7 cm³/mol. The number of anilines is 2. The molecule has 0 bridgehead atoms.